The van der Waals surface area contributed by atoms with Crippen molar-refractivity contribution in [1.82, 2.24) is 0 Å². The Morgan fingerprint density at radius 3 is 2.08 bits per heavy atom. The molecule has 0 radical (unpaired) electrons. The molecule has 0 aliphatic carbocycles. The van der Waals surface area contributed by atoms with Gasteiger partial charge >= 0.3 is 0 Å². The molecule has 3 aromatic rings. The Bertz CT molecular complexity index is 994. The Balaban J connectivity index is 1.85. The van der Waals surface area contributed by atoms with Gasteiger partial charge in [-0.2, -0.15) is 0 Å². The molecule has 0 atom stereocenters. The lowest BCUT2D eigenvalue weighted by Gasteiger charge is -2.17. The number of nitrogens with zero attached hydrogens (tertiary/aromatic N) is 1. The van der Waals surface area contributed by atoms with E-state index >= 15 is 0 Å². The predicted octanol–water partition coefficient (Wildman–Crippen LogP) is 4.92. The standard InChI is InChI=1S/C22H15F2NO/c23-17-12-10-16(11-13-17)21-18(15-6-2-1-3-7-15)14-25(22(21)26)20-9-5-4-8-19(20)24/h1-13H,14H2. The minimum absolute atomic E-state index is 0.239. The van der Waals surface area contributed by atoms with Crippen molar-refractivity contribution in [2.75, 3.05) is 11.4 Å². The zero-order valence-corrected chi connectivity index (χ0v) is 13.8. The first-order valence-corrected chi connectivity index (χ1v) is 8.26. The van der Waals surface area contributed by atoms with Crippen LogP contribution in [0.25, 0.3) is 11.1 Å². The van der Waals surface area contributed by atoms with Crippen LogP contribution in [0.2, 0.25) is 0 Å². The first-order valence-electron chi connectivity index (χ1n) is 8.26. The van der Waals surface area contributed by atoms with Gasteiger partial charge in [0.1, 0.15) is 11.6 Å². The highest BCUT2D eigenvalue weighted by Crippen LogP contribution is 2.37. The molecule has 1 amide bonds. The van der Waals surface area contributed by atoms with E-state index in [-0.39, 0.29) is 24.0 Å². The Morgan fingerprint density at radius 2 is 1.38 bits per heavy atom. The highest BCUT2D eigenvalue weighted by Gasteiger charge is 2.33. The van der Waals surface area contributed by atoms with Gasteiger partial charge in [0.25, 0.3) is 5.91 Å². The van der Waals surface area contributed by atoms with E-state index in [4.69, 9.17) is 0 Å². The Labute approximate surface area is 150 Å². The Kier molecular flexibility index (Phi) is 4.09. The second-order valence-corrected chi connectivity index (χ2v) is 6.07. The Morgan fingerprint density at radius 1 is 0.731 bits per heavy atom. The van der Waals surface area contributed by atoms with E-state index in [9.17, 15) is 13.6 Å². The van der Waals surface area contributed by atoms with Crippen LogP contribution < -0.4 is 4.90 Å². The largest absolute Gasteiger partial charge is 0.301 e. The molecule has 3 aromatic carbocycles. The fourth-order valence-corrected chi connectivity index (χ4v) is 3.23. The number of hydrogen-bond donors (Lipinski definition) is 0. The number of carbonyl (C=O) groups is 1. The summed E-state index contributed by atoms with van der Waals surface area (Å²) in [6.07, 6.45) is 0. The van der Waals surface area contributed by atoms with Gasteiger partial charge in [0.15, 0.2) is 0 Å². The normalized spacial score (nSPS) is 14.2. The zero-order chi connectivity index (χ0) is 18.1. The summed E-state index contributed by atoms with van der Waals surface area (Å²) in [5.41, 5.74) is 3.01. The van der Waals surface area contributed by atoms with E-state index in [0.717, 1.165) is 11.1 Å². The molecule has 4 heteroatoms. The number of amides is 1. The number of carbonyl (C=O) groups excluding carboxylic acids is 1. The smallest absolute Gasteiger partial charge is 0.259 e. The predicted molar refractivity (Wildman–Crippen MR) is 98.4 cm³/mol. The molecule has 26 heavy (non-hydrogen) atoms. The van der Waals surface area contributed by atoms with Crippen molar-refractivity contribution in [1.29, 1.82) is 0 Å². The monoisotopic (exact) mass is 347 g/mol. The van der Waals surface area contributed by atoms with Crippen molar-refractivity contribution in [3.8, 4) is 0 Å². The lowest BCUT2D eigenvalue weighted by atomic mass is 9.97. The summed E-state index contributed by atoms with van der Waals surface area (Å²) >= 11 is 0. The van der Waals surface area contributed by atoms with E-state index < -0.39 is 5.82 Å². The van der Waals surface area contributed by atoms with Gasteiger partial charge in [-0.3, -0.25) is 4.79 Å². The maximum atomic E-state index is 14.3. The van der Waals surface area contributed by atoms with Crippen molar-refractivity contribution >= 4 is 22.7 Å². The second-order valence-electron chi connectivity index (χ2n) is 6.07. The van der Waals surface area contributed by atoms with Crippen LogP contribution in [0.15, 0.2) is 78.9 Å². The molecule has 2 nitrogen and oxygen atoms in total. The molecule has 0 saturated carbocycles. The highest BCUT2D eigenvalue weighted by molar-refractivity contribution is 6.36. The molecule has 1 heterocycles. The van der Waals surface area contributed by atoms with Gasteiger partial charge in [-0.15, -0.1) is 0 Å². The van der Waals surface area contributed by atoms with Gasteiger partial charge in [0.2, 0.25) is 0 Å². The first-order chi connectivity index (χ1) is 12.6. The van der Waals surface area contributed by atoms with Crippen molar-refractivity contribution in [2.24, 2.45) is 0 Å². The lowest BCUT2D eigenvalue weighted by molar-refractivity contribution is -0.112. The van der Waals surface area contributed by atoms with Crippen LogP contribution in [0.5, 0.6) is 0 Å². The molecule has 0 aromatic heterocycles. The number of hydrogen-bond acceptors (Lipinski definition) is 1. The van der Waals surface area contributed by atoms with Gasteiger partial charge in [0, 0.05) is 0 Å². The van der Waals surface area contributed by atoms with E-state index in [2.05, 4.69) is 0 Å². The lowest BCUT2D eigenvalue weighted by Crippen LogP contribution is -2.27. The molecule has 4 rings (SSSR count). The number of benzene rings is 3. The zero-order valence-electron chi connectivity index (χ0n) is 13.8. The SMILES string of the molecule is O=C1C(c2ccc(F)cc2)=C(c2ccccc2)CN1c1ccccc1F. The van der Waals surface area contributed by atoms with Crippen molar-refractivity contribution in [3.63, 3.8) is 0 Å². The number of rotatable bonds is 3. The van der Waals surface area contributed by atoms with Gasteiger partial charge in [-0.05, 0) is 41.0 Å². The van der Waals surface area contributed by atoms with Gasteiger partial charge in [-0.1, -0.05) is 54.6 Å². The van der Waals surface area contributed by atoms with Gasteiger partial charge < -0.3 is 4.90 Å². The van der Waals surface area contributed by atoms with Gasteiger partial charge in [-0.25, -0.2) is 8.78 Å². The summed E-state index contributed by atoms with van der Waals surface area (Å²) in [5, 5.41) is 0. The fraction of sp³-hybridized carbons (Fsp3) is 0.0455. The minimum atomic E-state index is -0.450. The summed E-state index contributed by atoms with van der Waals surface area (Å²) in [6, 6.07) is 21.5. The molecule has 0 unspecified atom stereocenters. The average Bonchev–Trinajstić information content (AvgIpc) is 3.01. The molecule has 0 N–H and O–H groups in total. The molecular weight excluding hydrogens is 332 g/mol. The average molecular weight is 347 g/mol. The summed E-state index contributed by atoms with van der Waals surface area (Å²) in [4.78, 5) is 14.6. The van der Waals surface area contributed by atoms with E-state index in [0.29, 0.717) is 11.1 Å². The topological polar surface area (TPSA) is 20.3 Å². The fourth-order valence-electron chi connectivity index (χ4n) is 3.23. The third kappa shape index (κ3) is 2.80. The summed E-state index contributed by atoms with van der Waals surface area (Å²) in [7, 11) is 0. The van der Waals surface area contributed by atoms with E-state index in [1.165, 1.54) is 23.1 Å². The molecular formula is C22H15F2NO. The molecule has 0 bridgehead atoms. The number of halogens is 2. The molecule has 0 saturated heterocycles. The molecule has 1 aliphatic heterocycles. The third-order valence-electron chi connectivity index (χ3n) is 4.48. The second kappa shape index (κ2) is 6.56. The van der Waals surface area contributed by atoms with Crippen molar-refractivity contribution in [2.45, 2.75) is 0 Å². The molecule has 1 aliphatic rings. The summed E-state index contributed by atoms with van der Waals surface area (Å²) in [6.45, 7) is 0.260. The van der Waals surface area contributed by atoms with Crippen LogP contribution >= 0.6 is 0 Å². The van der Waals surface area contributed by atoms with Crippen LogP contribution in [-0.4, -0.2) is 12.5 Å². The first kappa shape index (κ1) is 16.2. The van der Waals surface area contributed by atoms with Crippen LogP contribution in [0.3, 0.4) is 0 Å². The molecule has 0 spiro atoms. The summed E-state index contributed by atoms with van der Waals surface area (Å²) < 4.78 is 27.6. The molecule has 0 fully saturated rings. The minimum Gasteiger partial charge on any atom is -0.301 e. The van der Waals surface area contributed by atoms with Crippen LogP contribution in [0, 0.1) is 11.6 Å². The van der Waals surface area contributed by atoms with E-state index in [1.54, 1.807) is 30.3 Å². The van der Waals surface area contributed by atoms with Crippen molar-refractivity contribution < 1.29 is 13.6 Å². The maximum absolute atomic E-state index is 14.3. The highest BCUT2D eigenvalue weighted by atomic mass is 19.1. The molecule has 128 valence electrons. The van der Waals surface area contributed by atoms with Crippen LogP contribution in [-0.2, 0) is 4.79 Å². The van der Waals surface area contributed by atoms with Crippen LogP contribution in [0.4, 0.5) is 14.5 Å². The third-order valence-corrected chi connectivity index (χ3v) is 4.48. The quantitative estimate of drug-likeness (QED) is 0.658. The Hall–Kier alpha value is -3.27. The maximum Gasteiger partial charge on any atom is 0.259 e. The van der Waals surface area contributed by atoms with Crippen LogP contribution in [0.1, 0.15) is 11.1 Å². The van der Waals surface area contributed by atoms with Gasteiger partial charge in [0.05, 0.1) is 17.8 Å². The van der Waals surface area contributed by atoms with E-state index in [1.807, 2.05) is 30.3 Å². The van der Waals surface area contributed by atoms with Crippen molar-refractivity contribution in [3.05, 3.63) is 102 Å². The summed E-state index contributed by atoms with van der Waals surface area (Å²) in [5.74, 6) is -1.11. The number of anilines is 1. The number of para-hydroxylation sites is 1.